The zero-order valence-corrected chi connectivity index (χ0v) is 14.0. The third-order valence-electron chi connectivity index (χ3n) is 4.70. The van der Waals surface area contributed by atoms with E-state index in [9.17, 15) is 5.21 Å². The van der Waals surface area contributed by atoms with Crippen LogP contribution in [0, 0.1) is 0 Å². The first-order valence-corrected chi connectivity index (χ1v) is 8.29. The van der Waals surface area contributed by atoms with Crippen LogP contribution in [0.15, 0.2) is 74.7 Å². The molecule has 5 N–H and O–H groups in total. The highest BCUT2D eigenvalue weighted by Crippen LogP contribution is 2.34. The van der Waals surface area contributed by atoms with E-state index in [1.807, 2.05) is 48.5 Å². The first kappa shape index (κ1) is 16.0. The van der Waals surface area contributed by atoms with Crippen LogP contribution in [0.3, 0.4) is 0 Å². The fraction of sp³-hybridized carbons (Fsp3) is 0.158. The average molecular weight is 346 g/mol. The van der Waals surface area contributed by atoms with E-state index in [0.29, 0.717) is 11.4 Å². The summed E-state index contributed by atoms with van der Waals surface area (Å²) < 4.78 is 0. The number of fused-ring (bicyclic) bond motifs is 1. The Morgan fingerprint density at radius 2 is 1.77 bits per heavy atom. The highest BCUT2D eigenvalue weighted by molar-refractivity contribution is 6.24. The number of hydrogen-bond acceptors (Lipinski definition) is 6. The van der Waals surface area contributed by atoms with Crippen molar-refractivity contribution in [1.82, 2.24) is 0 Å². The maximum atomic E-state index is 9.39. The summed E-state index contributed by atoms with van der Waals surface area (Å²) in [5.74, 6) is 0.229. The number of guanidine groups is 1. The molecule has 7 heteroatoms. The van der Waals surface area contributed by atoms with Crippen molar-refractivity contribution in [2.75, 3.05) is 0 Å². The van der Waals surface area contributed by atoms with Crippen molar-refractivity contribution in [3.63, 3.8) is 0 Å². The Kier molecular flexibility index (Phi) is 3.76. The van der Waals surface area contributed by atoms with E-state index in [4.69, 9.17) is 16.5 Å². The van der Waals surface area contributed by atoms with E-state index >= 15 is 0 Å². The molecule has 0 radical (unpaired) electrons. The number of aryl methyl sites for hydroxylation is 1. The molecule has 0 saturated heterocycles. The van der Waals surface area contributed by atoms with Crippen molar-refractivity contribution in [3.05, 3.63) is 71.3 Å². The molecule has 130 valence electrons. The van der Waals surface area contributed by atoms with Gasteiger partial charge in [-0.15, -0.1) is 0 Å². The first-order chi connectivity index (χ1) is 12.6. The van der Waals surface area contributed by atoms with Crippen molar-refractivity contribution < 1.29 is 5.21 Å². The van der Waals surface area contributed by atoms with E-state index in [-0.39, 0.29) is 11.8 Å². The van der Waals surface area contributed by atoms with Gasteiger partial charge >= 0.3 is 0 Å². The van der Waals surface area contributed by atoms with Crippen molar-refractivity contribution in [2.24, 2.45) is 31.6 Å². The fourth-order valence-electron chi connectivity index (χ4n) is 3.46. The molecule has 2 aromatic rings. The van der Waals surface area contributed by atoms with Crippen LogP contribution in [0.1, 0.15) is 23.1 Å². The predicted octanol–water partition coefficient (Wildman–Crippen LogP) is 1.79. The molecule has 7 nitrogen and oxygen atoms in total. The van der Waals surface area contributed by atoms with Gasteiger partial charge in [0.05, 0.1) is 5.71 Å². The Morgan fingerprint density at radius 1 is 1.04 bits per heavy atom. The third-order valence-corrected chi connectivity index (χ3v) is 4.70. The molecule has 0 aromatic heterocycles. The Bertz CT molecular complexity index is 977. The van der Waals surface area contributed by atoms with Gasteiger partial charge in [0.15, 0.2) is 11.7 Å². The van der Waals surface area contributed by atoms with E-state index in [2.05, 4.69) is 21.2 Å². The number of amidine groups is 2. The van der Waals surface area contributed by atoms with Gasteiger partial charge in [0.1, 0.15) is 0 Å². The number of rotatable bonds is 2. The molecule has 0 bridgehead atoms. The molecular formula is C19H18N6O. The van der Waals surface area contributed by atoms with Gasteiger partial charge in [0.2, 0.25) is 11.5 Å². The summed E-state index contributed by atoms with van der Waals surface area (Å²) in [6, 6.07) is 17.4. The molecule has 0 amide bonds. The smallest absolute Gasteiger partial charge is 0.219 e. The minimum absolute atomic E-state index is 0.0473. The molecule has 2 aromatic carbocycles. The summed E-state index contributed by atoms with van der Waals surface area (Å²) in [6.45, 7) is 0. The lowest BCUT2D eigenvalue weighted by atomic mass is 9.88. The maximum absolute atomic E-state index is 9.39. The lowest BCUT2D eigenvalue weighted by Crippen LogP contribution is -2.45. The topological polar surface area (TPSA) is 122 Å². The van der Waals surface area contributed by atoms with Crippen molar-refractivity contribution in [1.29, 1.82) is 0 Å². The van der Waals surface area contributed by atoms with Crippen LogP contribution in [0.5, 0.6) is 0 Å². The molecule has 1 unspecified atom stereocenters. The molecule has 1 heterocycles. The van der Waals surface area contributed by atoms with Crippen LogP contribution >= 0.6 is 0 Å². The number of aliphatic imine (C=N–C) groups is 3. The third kappa shape index (κ3) is 2.36. The number of benzene rings is 2. The molecule has 0 saturated carbocycles. The normalized spacial score (nSPS) is 23.7. The van der Waals surface area contributed by atoms with Crippen LogP contribution in [0.4, 0.5) is 0 Å². The predicted molar refractivity (Wildman–Crippen MR) is 102 cm³/mol. The molecule has 1 atom stereocenters. The molecule has 4 rings (SSSR count). The number of oxime groups is 1. The monoisotopic (exact) mass is 346 g/mol. The lowest BCUT2D eigenvalue weighted by molar-refractivity contribution is 0.314. The summed E-state index contributed by atoms with van der Waals surface area (Å²) >= 11 is 0. The second-order valence-electron chi connectivity index (χ2n) is 6.18. The van der Waals surface area contributed by atoms with E-state index in [1.165, 1.54) is 5.56 Å². The van der Waals surface area contributed by atoms with E-state index < -0.39 is 5.54 Å². The van der Waals surface area contributed by atoms with Gasteiger partial charge < -0.3 is 16.7 Å². The van der Waals surface area contributed by atoms with E-state index in [0.717, 1.165) is 24.1 Å². The summed E-state index contributed by atoms with van der Waals surface area (Å²) in [4.78, 5) is 13.5. The molecule has 2 aliphatic rings. The standard InChI is InChI=1S/C19H18N6O/c20-16(25-26)19(13-7-2-1-3-8-13)17(23-18(21)24-19)22-15-11-10-12-6-4-5-9-14(12)15/h1-9,26H,10-11H2,(H2,20,25)(H2,21,24). The highest BCUT2D eigenvalue weighted by atomic mass is 16.4. The molecule has 0 fully saturated rings. The average Bonchev–Trinajstić information content (AvgIpc) is 3.24. The quantitative estimate of drug-likeness (QED) is 0.332. The molecule has 26 heavy (non-hydrogen) atoms. The minimum Gasteiger partial charge on any atom is -0.409 e. The molecule has 1 aliphatic carbocycles. The first-order valence-electron chi connectivity index (χ1n) is 8.29. The van der Waals surface area contributed by atoms with Crippen molar-refractivity contribution in [2.45, 2.75) is 18.4 Å². The Hall–Kier alpha value is -3.48. The molecular weight excluding hydrogens is 328 g/mol. The molecule has 0 spiro atoms. The van der Waals surface area contributed by atoms with Crippen molar-refractivity contribution >= 4 is 23.3 Å². The summed E-state index contributed by atoms with van der Waals surface area (Å²) in [6.07, 6.45) is 1.71. The Labute approximate surface area is 150 Å². The van der Waals surface area contributed by atoms with Gasteiger partial charge in [-0.1, -0.05) is 59.8 Å². The second kappa shape index (κ2) is 6.11. The van der Waals surface area contributed by atoms with Gasteiger partial charge in [-0.2, -0.15) is 4.99 Å². The zero-order valence-electron chi connectivity index (χ0n) is 14.0. The van der Waals surface area contributed by atoms with Gasteiger partial charge in [-0.3, -0.25) is 0 Å². The summed E-state index contributed by atoms with van der Waals surface area (Å²) in [7, 11) is 0. The van der Waals surface area contributed by atoms with Crippen LogP contribution in [-0.4, -0.2) is 28.5 Å². The Morgan fingerprint density at radius 3 is 2.54 bits per heavy atom. The van der Waals surface area contributed by atoms with Crippen molar-refractivity contribution in [3.8, 4) is 0 Å². The van der Waals surface area contributed by atoms with Crippen LogP contribution in [0.25, 0.3) is 0 Å². The number of nitrogens with zero attached hydrogens (tertiary/aromatic N) is 4. The minimum atomic E-state index is -1.33. The lowest BCUT2D eigenvalue weighted by Gasteiger charge is -2.25. The number of nitrogens with two attached hydrogens (primary N) is 2. The zero-order chi connectivity index (χ0) is 18.1. The highest BCUT2D eigenvalue weighted by Gasteiger charge is 2.47. The summed E-state index contributed by atoms with van der Waals surface area (Å²) in [5.41, 5.74) is 14.5. The summed E-state index contributed by atoms with van der Waals surface area (Å²) in [5, 5.41) is 12.6. The van der Waals surface area contributed by atoms with E-state index in [1.54, 1.807) is 0 Å². The second-order valence-corrected chi connectivity index (χ2v) is 6.18. The van der Waals surface area contributed by atoms with Gasteiger partial charge in [-0.25, -0.2) is 9.98 Å². The van der Waals surface area contributed by atoms with Crippen LogP contribution < -0.4 is 11.5 Å². The Balaban J connectivity index is 1.88. The van der Waals surface area contributed by atoms with Crippen LogP contribution in [-0.2, 0) is 12.0 Å². The molecule has 1 aliphatic heterocycles. The largest absolute Gasteiger partial charge is 0.409 e. The fourth-order valence-corrected chi connectivity index (χ4v) is 3.46. The maximum Gasteiger partial charge on any atom is 0.219 e. The van der Waals surface area contributed by atoms with Gasteiger partial charge in [0.25, 0.3) is 0 Å². The SMILES string of the molecule is NC1=NC(C(N)=NO)(c2ccccc2)C(N=C2CCc3ccccc32)=N1. The van der Waals surface area contributed by atoms with Gasteiger partial charge in [0, 0.05) is 0 Å². The van der Waals surface area contributed by atoms with Crippen LogP contribution in [0.2, 0.25) is 0 Å². The number of hydrogen-bond donors (Lipinski definition) is 3. The van der Waals surface area contributed by atoms with Gasteiger partial charge in [-0.05, 0) is 29.5 Å².